The van der Waals surface area contributed by atoms with Gasteiger partial charge in [-0.15, -0.1) is 11.8 Å². The van der Waals surface area contributed by atoms with Crippen LogP contribution in [0.5, 0.6) is 0 Å². The van der Waals surface area contributed by atoms with E-state index in [1.807, 2.05) is 0 Å². The lowest BCUT2D eigenvalue weighted by Gasteiger charge is -2.36. The Morgan fingerprint density at radius 3 is 3.00 bits per heavy atom. The van der Waals surface area contributed by atoms with Crippen molar-refractivity contribution < 1.29 is 18.7 Å². The number of hydrogen-bond donors (Lipinski definition) is 0. The van der Waals surface area contributed by atoms with Gasteiger partial charge in [-0.25, -0.2) is 4.39 Å². The van der Waals surface area contributed by atoms with E-state index in [9.17, 15) is 9.18 Å². The summed E-state index contributed by atoms with van der Waals surface area (Å²) in [5.74, 6) is 0.267. The fraction of sp³-hybridized carbons (Fsp3) is 0.562. The number of ketones is 1. The quantitative estimate of drug-likeness (QED) is 0.801. The predicted octanol–water partition coefficient (Wildman–Crippen LogP) is 3.07. The van der Waals surface area contributed by atoms with Gasteiger partial charge in [0.15, 0.2) is 0 Å². The average molecular weight is 310 g/mol. The number of benzene rings is 1. The highest BCUT2D eigenvalue weighted by Crippen LogP contribution is 2.36. The molecule has 21 heavy (non-hydrogen) atoms. The van der Waals surface area contributed by atoms with E-state index in [1.54, 1.807) is 18.2 Å². The van der Waals surface area contributed by atoms with Crippen LogP contribution >= 0.6 is 11.8 Å². The normalized spacial score (nSPS) is 28.9. The molecule has 3 rings (SSSR count). The lowest BCUT2D eigenvalue weighted by molar-refractivity contribution is -0.134. The van der Waals surface area contributed by atoms with Crippen molar-refractivity contribution >= 4 is 17.5 Å². The molecule has 0 bridgehead atoms. The summed E-state index contributed by atoms with van der Waals surface area (Å²) in [6, 6.07) is 6.58. The third-order valence-corrected chi connectivity index (χ3v) is 5.29. The van der Waals surface area contributed by atoms with Gasteiger partial charge in [-0.1, -0.05) is 12.1 Å². The summed E-state index contributed by atoms with van der Waals surface area (Å²) in [4.78, 5) is 12.9. The summed E-state index contributed by atoms with van der Waals surface area (Å²) in [7, 11) is 0. The van der Waals surface area contributed by atoms with Crippen molar-refractivity contribution in [2.24, 2.45) is 5.92 Å². The summed E-state index contributed by atoms with van der Waals surface area (Å²) < 4.78 is 24.8. The topological polar surface area (TPSA) is 35.5 Å². The standard InChI is InChI=1S/C16H19FO3S/c17-13-3-1-2-4-15(13)21-10-14(18)12-5-7-20-16(9-12)6-8-19-11-16/h1-4,12H,5-11H2. The Labute approximate surface area is 128 Å². The maximum atomic E-state index is 13.6. The molecule has 0 amide bonds. The summed E-state index contributed by atoms with van der Waals surface area (Å²) in [6.45, 7) is 1.92. The molecular weight excluding hydrogens is 291 g/mol. The first-order valence-electron chi connectivity index (χ1n) is 7.30. The highest BCUT2D eigenvalue weighted by Gasteiger charge is 2.42. The average Bonchev–Trinajstić information content (AvgIpc) is 2.94. The van der Waals surface area contributed by atoms with Crippen LogP contribution in [0.15, 0.2) is 29.2 Å². The number of rotatable bonds is 4. The van der Waals surface area contributed by atoms with Crippen molar-refractivity contribution in [1.29, 1.82) is 0 Å². The van der Waals surface area contributed by atoms with Crippen LogP contribution in [0.2, 0.25) is 0 Å². The molecule has 2 unspecified atom stereocenters. The summed E-state index contributed by atoms with van der Waals surface area (Å²) >= 11 is 1.28. The van der Waals surface area contributed by atoms with E-state index in [-0.39, 0.29) is 23.1 Å². The zero-order valence-electron chi connectivity index (χ0n) is 11.8. The summed E-state index contributed by atoms with van der Waals surface area (Å²) in [6.07, 6.45) is 2.37. The minimum Gasteiger partial charge on any atom is -0.378 e. The van der Waals surface area contributed by atoms with Crippen molar-refractivity contribution in [2.75, 3.05) is 25.6 Å². The number of hydrogen-bond acceptors (Lipinski definition) is 4. The highest BCUT2D eigenvalue weighted by molar-refractivity contribution is 8.00. The van der Waals surface area contributed by atoms with Crippen LogP contribution in [0.25, 0.3) is 0 Å². The predicted molar refractivity (Wildman–Crippen MR) is 79.0 cm³/mol. The van der Waals surface area contributed by atoms with E-state index in [1.165, 1.54) is 17.8 Å². The Bertz CT molecular complexity index is 514. The first kappa shape index (κ1) is 15.0. The number of carbonyl (C=O) groups is 1. The minimum absolute atomic E-state index is 0.0136. The molecule has 0 radical (unpaired) electrons. The van der Waals surface area contributed by atoms with Crippen LogP contribution in [-0.4, -0.2) is 37.0 Å². The molecule has 0 aliphatic carbocycles. The van der Waals surface area contributed by atoms with Crippen LogP contribution in [0, 0.1) is 11.7 Å². The Morgan fingerprint density at radius 1 is 1.38 bits per heavy atom. The van der Waals surface area contributed by atoms with Crippen LogP contribution in [-0.2, 0) is 14.3 Å². The van der Waals surface area contributed by atoms with E-state index >= 15 is 0 Å². The molecule has 1 spiro atoms. The number of thioether (sulfide) groups is 1. The lowest BCUT2D eigenvalue weighted by Crippen LogP contribution is -2.42. The van der Waals surface area contributed by atoms with Crippen molar-refractivity contribution in [2.45, 2.75) is 29.8 Å². The van der Waals surface area contributed by atoms with E-state index < -0.39 is 0 Å². The molecule has 5 heteroatoms. The SMILES string of the molecule is O=C(CSc1ccccc1F)C1CCOC2(CCOC2)C1. The van der Waals surface area contributed by atoms with Gasteiger partial charge in [0.2, 0.25) is 0 Å². The molecule has 1 aromatic rings. The first-order valence-corrected chi connectivity index (χ1v) is 8.29. The third-order valence-electron chi connectivity index (χ3n) is 4.22. The maximum Gasteiger partial charge on any atom is 0.146 e. The summed E-state index contributed by atoms with van der Waals surface area (Å²) in [5, 5.41) is 0. The molecule has 0 N–H and O–H groups in total. The summed E-state index contributed by atoms with van der Waals surface area (Å²) in [5.41, 5.74) is -0.249. The van der Waals surface area contributed by atoms with Gasteiger partial charge in [0.25, 0.3) is 0 Å². The molecule has 114 valence electrons. The molecule has 2 aliphatic heterocycles. The number of ether oxygens (including phenoxy) is 2. The molecule has 0 aromatic heterocycles. The van der Waals surface area contributed by atoms with Gasteiger partial charge in [0.05, 0.1) is 18.0 Å². The fourth-order valence-corrected chi connectivity index (χ4v) is 3.91. The van der Waals surface area contributed by atoms with E-state index in [0.29, 0.717) is 30.5 Å². The molecule has 2 saturated heterocycles. The monoisotopic (exact) mass is 310 g/mol. The molecule has 2 atom stereocenters. The zero-order valence-corrected chi connectivity index (χ0v) is 12.7. The van der Waals surface area contributed by atoms with Crippen LogP contribution in [0.3, 0.4) is 0 Å². The van der Waals surface area contributed by atoms with Gasteiger partial charge in [-0.05, 0) is 25.0 Å². The Kier molecular flexibility index (Phi) is 4.62. The maximum absolute atomic E-state index is 13.6. The molecule has 3 nitrogen and oxygen atoms in total. The number of halogens is 1. The van der Waals surface area contributed by atoms with Crippen LogP contribution < -0.4 is 0 Å². The van der Waals surface area contributed by atoms with Crippen molar-refractivity contribution in [1.82, 2.24) is 0 Å². The minimum atomic E-state index is -0.261. The second-order valence-electron chi connectivity index (χ2n) is 5.71. The molecular formula is C16H19FO3S. The van der Waals surface area contributed by atoms with Gasteiger partial charge in [-0.3, -0.25) is 4.79 Å². The smallest absolute Gasteiger partial charge is 0.146 e. The van der Waals surface area contributed by atoms with E-state index in [0.717, 1.165) is 19.3 Å². The van der Waals surface area contributed by atoms with Gasteiger partial charge in [-0.2, -0.15) is 0 Å². The van der Waals surface area contributed by atoms with Gasteiger partial charge in [0.1, 0.15) is 11.6 Å². The Hall–Kier alpha value is -0.910. The number of Topliss-reactive ketones (excluding diaryl/α,β-unsaturated/α-hetero) is 1. The van der Waals surface area contributed by atoms with Gasteiger partial charge in [0, 0.05) is 30.4 Å². The lowest BCUT2D eigenvalue weighted by atomic mass is 9.83. The molecule has 1 aromatic carbocycles. The number of carbonyl (C=O) groups excluding carboxylic acids is 1. The zero-order chi connectivity index (χ0) is 14.7. The van der Waals surface area contributed by atoms with Crippen molar-refractivity contribution in [3.05, 3.63) is 30.1 Å². The first-order chi connectivity index (χ1) is 10.2. The largest absolute Gasteiger partial charge is 0.378 e. The molecule has 0 saturated carbocycles. The second-order valence-corrected chi connectivity index (χ2v) is 6.73. The van der Waals surface area contributed by atoms with E-state index in [2.05, 4.69) is 0 Å². The Balaban J connectivity index is 1.57. The highest BCUT2D eigenvalue weighted by atomic mass is 32.2. The van der Waals surface area contributed by atoms with Crippen LogP contribution in [0.1, 0.15) is 19.3 Å². The van der Waals surface area contributed by atoms with Crippen LogP contribution in [0.4, 0.5) is 4.39 Å². The molecule has 2 heterocycles. The fourth-order valence-electron chi connectivity index (χ4n) is 2.99. The van der Waals surface area contributed by atoms with Crippen molar-refractivity contribution in [3.63, 3.8) is 0 Å². The van der Waals surface area contributed by atoms with E-state index in [4.69, 9.17) is 9.47 Å². The second kappa shape index (κ2) is 6.46. The van der Waals surface area contributed by atoms with Gasteiger partial charge < -0.3 is 9.47 Å². The van der Waals surface area contributed by atoms with Gasteiger partial charge >= 0.3 is 0 Å². The molecule has 2 fully saturated rings. The molecule has 2 aliphatic rings. The van der Waals surface area contributed by atoms with Crippen molar-refractivity contribution in [3.8, 4) is 0 Å². The Morgan fingerprint density at radius 2 is 2.24 bits per heavy atom. The third kappa shape index (κ3) is 3.47.